The molecule has 110 valence electrons. The van der Waals surface area contributed by atoms with Crippen molar-refractivity contribution in [3.63, 3.8) is 0 Å². The van der Waals surface area contributed by atoms with Crippen molar-refractivity contribution in [1.82, 2.24) is 4.90 Å². The lowest BCUT2D eigenvalue weighted by Gasteiger charge is -2.35. The molecule has 0 spiro atoms. The quantitative estimate of drug-likeness (QED) is 0.708. The van der Waals surface area contributed by atoms with Gasteiger partial charge in [0.1, 0.15) is 0 Å². The average Bonchev–Trinajstić information content (AvgIpc) is 2.52. The molecule has 1 aromatic rings. The molecule has 20 heavy (non-hydrogen) atoms. The van der Waals surface area contributed by atoms with Crippen molar-refractivity contribution in [2.75, 3.05) is 19.6 Å². The van der Waals surface area contributed by atoms with E-state index in [9.17, 15) is 5.26 Å². The molecule has 0 aliphatic heterocycles. The number of rotatable bonds is 8. The Kier molecular flexibility index (Phi) is 6.75. The molecule has 0 aliphatic rings. The molecule has 0 aromatic heterocycles. The fraction of sp³-hybridized carbons (Fsp3) is 0.611. The second-order valence-corrected chi connectivity index (χ2v) is 5.54. The number of hydrogen-bond donors (Lipinski definition) is 0. The molecule has 0 amide bonds. The minimum atomic E-state index is -0.362. The molecule has 1 rings (SSSR count). The van der Waals surface area contributed by atoms with Gasteiger partial charge in [0.15, 0.2) is 0 Å². The van der Waals surface area contributed by atoms with Gasteiger partial charge in [0.25, 0.3) is 0 Å². The fourth-order valence-corrected chi connectivity index (χ4v) is 2.86. The van der Waals surface area contributed by atoms with E-state index in [1.165, 1.54) is 5.56 Å². The van der Waals surface area contributed by atoms with Gasteiger partial charge >= 0.3 is 0 Å². The molecule has 1 aromatic carbocycles. The molecule has 0 bridgehead atoms. The van der Waals surface area contributed by atoms with Crippen LogP contribution in [0.25, 0.3) is 0 Å². The van der Waals surface area contributed by atoms with Gasteiger partial charge < -0.3 is 4.90 Å². The first kappa shape index (κ1) is 16.7. The van der Waals surface area contributed by atoms with Crippen molar-refractivity contribution >= 4 is 0 Å². The van der Waals surface area contributed by atoms with Crippen molar-refractivity contribution in [2.24, 2.45) is 5.92 Å². The van der Waals surface area contributed by atoms with E-state index in [4.69, 9.17) is 0 Å². The van der Waals surface area contributed by atoms with E-state index in [1.54, 1.807) is 0 Å². The molecule has 0 aliphatic carbocycles. The van der Waals surface area contributed by atoms with Crippen LogP contribution < -0.4 is 0 Å². The lowest BCUT2D eigenvalue weighted by atomic mass is 9.68. The van der Waals surface area contributed by atoms with Crippen LogP contribution >= 0.6 is 0 Å². The van der Waals surface area contributed by atoms with E-state index in [0.717, 1.165) is 32.5 Å². The Hall–Kier alpha value is -1.33. The van der Waals surface area contributed by atoms with Crippen LogP contribution in [0.15, 0.2) is 30.3 Å². The predicted molar refractivity (Wildman–Crippen MR) is 85.6 cm³/mol. The van der Waals surface area contributed by atoms with Gasteiger partial charge in [-0.15, -0.1) is 0 Å². The van der Waals surface area contributed by atoms with Crippen molar-refractivity contribution in [3.05, 3.63) is 35.9 Å². The molecular weight excluding hydrogens is 244 g/mol. The van der Waals surface area contributed by atoms with E-state index in [2.05, 4.69) is 50.8 Å². The third kappa shape index (κ3) is 3.61. The summed E-state index contributed by atoms with van der Waals surface area (Å²) in [5.41, 5.74) is 0.808. The monoisotopic (exact) mass is 272 g/mol. The van der Waals surface area contributed by atoms with Crippen LogP contribution in [0.4, 0.5) is 0 Å². The highest BCUT2D eigenvalue weighted by molar-refractivity contribution is 5.33. The lowest BCUT2D eigenvalue weighted by molar-refractivity contribution is 0.244. The van der Waals surface area contributed by atoms with Crippen LogP contribution in [0, 0.1) is 17.2 Å². The maximum atomic E-state index is 9.92. The molecule has 0 unspecified atom stereocenters. The Morgan fingerprint density at radius 3 is 2.20 bits per heavy atom. The Bertz CT molecular complexity index is 417. The molecule has 0 N–H and O–H groups in total. The molecule has 2 nitrogen and oxygen atoms in total. The smallest absolute Gasteiger partial charge is 0.0859 e. The average molecular weight is 272 g/mol. The number of nitriles is 1. The summed E-state index contributed by atoms with van der Waals surface area (Å²) in [4.78, 5) is 2.40. The Morgan fingerprint density at radius 2 is 1.75 bits per heavy atom. The standard InChI is InChI=1S/C18H28N2/c1-5-16(4)18(15-19,13-14-20(6-2)7-3)17-11-9-8-10-12-17/h8-12,16H,5-7,13-14H2,1-4H3/t16-,18+/m0/s1. The molecule has 2 atom stereocenters. The van der Waals surface area contributed by atoms with E-state index in [1.807, 2.05) is 18.2 Å². The van der Waals surface area contributed by atoms with Crippen LogP contribution in [-0.2, 0) is 5.41 Å². The summed E-state index contributed by atoms with van der Waals surface area (Å²) >= 11 is 0. The molecular formula is C18H28N2. The molecule has 0 saturated heterocycles. The minimum absolute atomic E-state index is 0.362. The van der Waals surface area contributed by atoms with Gasteiger partial charge in [-0.05, 0) is 37.5 Å². The lowest BCUT2D eigenvalue weighted by Crippen LogP contribution is -2.37. The zero-order valence-corrected chi connectivity index (χ0v) is 13.4. The van der Waals surface area contributed by atoms with Crippen molar-refractivity contribution in [1.29, 1.82) is 5.26 Å². The van der Waals surface area contributed by atoms with Crippen molar-refractivity contribution < 1.29 is 0 Å². The number of hydrogen-bond acceptors (Lipinski definition) is 2. The van der Waals surface area contributed by atoms with Gasteiger partial charge in [-0.3, -0.25) is 0 Å². The minimum Gasteiger partial charge on any atom is -0.304 e. The second-order valence-electron chi connectivity index (χ2n) is 5.54. The van der Waals surface area contributed by atoms with E-state index in [-0.39, 0.29) is 5.41 Å². The SMILES string of the molecule is CC[C@H](C)[C@](C#N)(CCN(CC)CC)c1ccccc1. The molecule has 0 fully saturated rings. The van der Waals surface area contributed by atoms with Crippen LogP contribution in [0.5, 0.6) is 0 Å². The first-order chi connectivity index (χ1) is 9.64. The maximum Gasteiger partial charge on any atom is 0.0859 e. The predicted octanol–water partition coefficient (Wildman–Crippen LogP) is 4.23. The zero-order chi connectivity index (χ0) is 15.0. The van der Waals surface area contributed by atoms with E-state index >= 15 is 0 Å². The fourth-order valence-electron chi connectivity index (χ4n) is 2.86. The number of nitrogens with zero attached hydrogens (tertiary/aromatic N) is 2. The second kappa shape index (κ2) is 8.07. The van der Waals surface area contributed by atoms with E-state index in [0.29, 0.717) is 5.92 Å². The van der Waals surface area contributed by atoms with E-state index < -0.39 is 0 Å². The van der Waals surface area contributed by atoms with Crippen LogP contribution in [0.1, 0.15) is 46.1 Å². The molecule has 0 saturated carbocycles. The first-order valence-electron chi connectivity index (χ1n) is 7.83. The Balaban J connectivity index is 3.05. The molecule has 2 heteroatoms. The summed E-state index contributed by atoms with van der Waals surface area (Å²) in [6.07, 6.45) is 1.94. The highest BCUT2D eigenvalue weighted by atomic mass is 15.1. The van der Waals surface area contributed by atoms with Crippen LogP contribution in [0.3, 0.4) is 0 Å². The third-order valence-electron chi connectivity index (χ3n) is 4.66. The highest BCUT2D eigenvalue weighted by Gasteiger charge is 2.37. The van der Waals surface area contributed by atoms with Crippen molar-refractivity contribution in [3.8, 4) is 6.07 Å². The normalized spacial score (nSPS) is 15.6. The van der Waals surface area contributed by atoms with Crippen LogP contribution in [0.2, 0.25) is 0 Å². The van der Waals surface area contributed by atoms with Gasteiger partial charge in [0.05, 0.1) is 11.5 Å². The van der Waals surface area contributed by atoms with Gasteiger partial charge in [-0.1, -0.05) is 64.4 Å². The Morgan fingerprint density at radius 1 is 1.15 bits per heavy atom. The highest BCUT2D eigenvalue weighted by Crippen LogP contribution is 2.37. The topological polar surface area (TPSA) is 27.0 Å². The molecule has 0 heterocycles. The number of benzene rings is 1. The largest absolute Gasteiger partial charge is 0.304 e. The van der Waals surface area contributed by atoms with Crippen LogP contribution in [-0.4, -0.2) is 24.5 Å². The molecule has 0 radical (unpaired) electrons. The Labute approximate surface area is 124 Å². The summed E-state index contributed by atoms with van der Waals surface area (Å²) < 4.78 is 0. The maximum absolute atomic E-state index is 9.92. The summed E-state index contributed by atoms with van der Waals surface area (Å²) in [6, 6.07) is 13.0. The summed E-state index contributed by atoms with van der Waals surface area (Å²) in [6.45, 7) is 11.8. The summed E-state index contributed by atoms with van der Waals surface area (Å²) in [5.74, 6) is 0.366. The van der Waals surface area contributed by atoms with Gasteiger partial charge in [-0.25, -0.2) is 0 Å². The van der Waals surface area contributed by atoms with Gasteiger partial charge in [-0.2, -0.15) is 5.26 Å². The van der Waals surface area contributed by atoms with Gasteiger partial charge in [0, 0.05) is 0 Å². The van der Waals surface area contributed by atoms with Crippen molar-refractivity contribution in [2.45, 2.75) is 46.0 Å². The first-order valence-corrected chi connectivity index (χ1v) is 7.83. The summed E-state index contributed by atoms with van der Waals surface area (Å²) in [7, 11) is 0. The zero-order valence-electron chi connectivity index (χ0n) is 13.4. The van der Waals surface area contributed by atoms with Gasteiger partial charge in [0.2, 0.25) is 0 Å². The third-order valence-corrected chi connectivity index (χ3v) is 4.66. The summed E-state index contributed by atoms with van der Waals surface area (Å²) in [5, 5.41) is 9.92.